The van der Waals surface area contributed by atoms with Gasteiger partial charge >= 0.3 is 0 Å². The minimum Gasteiger partial charge on any atom is -0.389 e. The number of rotatable bonds is 7. The predicted octanol–water partition coefficient (Wildman–Crippen LogP) is 3.63. The van der Waals surface area contributed by atoms with Crippen LogP contribution in [-0.2, 0) is 27.4 Å². The normalized spacial score (nSPS) is 24.9. The van der Waals surface area contributed by atoms with Crippen LogP contribution in [-0.4, -0.2) is 65.0 Å². The van der Waals surface area contributed by atoms with E-state index in [0.29, 0.717) is 32.7 Å². The van der Waals surface area contributed by atoms with Crippen LogP contribution in [0.4, 0.5) is 0 Å². The van der Waals surface area contributed by atoms with Crippen molar-refractivity contribution in [3.05, 3.63) is 76.7 Å². The maximum absolute atomic E-state index is 12.7. The lowest BCUT2D eigenvalue weighted by atomic mass is 9.94. The van der Waals surface area contributed by atoms with Gasteiger partial charge in [0.1, 0.15) is 5.01 Å². The highest BCUT2D eigenvalue weighted by atomic mass is 32.1. The fraction of sp³-hybridized carbons (Fsp3) is 0.429. The van der Waals surface area contributed by atoms with E-state index >= 15 is 0 Å². The Balaban J connectivity index is 1.13. The summed E-state index contributed by atoms with van der Waals surface area (Å²) in [6.45, 7) is 2.41. The molecular weight excluding hydrogens is 474 g/mol. The van der Waals surface area contributed by atoms with Crippen molar-refractivity contribution in [2.45, 2.75) is 56.7 Å². The lowest BCUT2D eigenvalue weighted by Gasteiger charge is -2.44. The van der Waals surface area contributed by atoms with Gasteiger partial charge < -0.3 is 19.9 Å². The number of thiazole rings is 1. The first-order chi connectivity index (χ1) is 17.6. The molecule has 3 heterocycles. The van der Waals surface area contributed by atoms with Crippen molar-refractivity contribution < 1.29 is 19.4 Å². The number of benzene rings is 2. The first kappa shape index (κ1) is 25.0. The largest absolute Gasteiger partial charge is 0.389 e. The van der Waals surface area contributed by atoms with Crippen LogP contribution in [0.2, 0.25) is 0 Å². The molecule has 1 aromatic heterocycles. The summed E-state index contributed by atoms with van der Waals surface area (Å²) in [7, 11) is 0. The number of nitrogens with zero attached hydrogens (tertiary/aromatic N) is 2. The van der Waals surface area contributed by atoms with Crippen molar-refractivity contribution in [1.29, 1.82) is 0 Å². The van der Waals surface area contributed by atoms with E-state index < -0.39 is 6.10 Å². The molecule has 0 bridgehead atoms. The van der Waals surface area contributed by atoms with Gasteiger partial charge in [-0.15, -0.1) is 11.3 Å². The number of aliphatic hydroxyl groups is 1. The maximum Gasteiger partial charge on any atom is 0.222 e. The highest BCUT2D eigenvalue weighted by Gasteiger charge is 2.38. The van der Waals surface area contributed by atoms with Gasteiger partial charge in [-0.05, 0) is 29.5 Å². The van der Waals surface area contributed by atoms with Crippen LogP contribution in [0, 0.1) is 0 Å². The Hall–Kier alpha value is -2.62. The number of nitrogens with one attached hydrogen (secondary N) is 1. The van der Waals surface area contributed by atoms with Gasteiger partial charge in [0.2, 0.25) is 5.91 Å². The number of fused-ring (bicyclic) bond motifs is 1. The summed E-state index contributed by atoms with van der Waals surface area (Å²) in [5.74, 6) is -0.00703. The van der Waals surface area contributed by atoms with Crippen molar-refractivity contribution in [2.24, 2.45) is 0 Å². The SMILES string of the molecule is O=C(C[C@@H]1CC[C@@H]2[C@H](COC[C@H](O)CN2Cc2nccs2)O1)NCc1ccc(-c2ccccc2)cc1. The molecule has 2 aromatic carbocycles. The molecule has 0 radical (unpaired) electrons. The minimum atomic E-state index is -0.531. The van der Waals surface area contributed by atoms with Crippen LogP contribution in [0.25, 0.3) is 11.1 Å². The molecule has 3 aromatic rings. The van der Waals surface area contributed by atoms with Crippen LogP contribution < -0.4 is 5.32 Å². The highest BCUT2D eigenvalue weighted by molar-refractivity contribution is 7.09. The molecule has 0 unspecified atom stereocenters. The van der Waals surface area contributed by atoms with Crippen LogP contribution in [0.5, 0.6) is 0 Å². The van der Waals surface area contributed by atoms with Gasteiger partial charge in [-0.3, -0.25) is 9.69 Å². The molecule has 2 aliphatic rings. The van der Waals surface area contributed by atoms with Crippen molar-refractivity contribution in [1.82, 2.24) is 15.2 Å². The fourth-order valence-corrected chi connectivity index (χ4v) is 5.70. The molecule has 0 spiro atoms. The monoisotopic (exact) mass is 507 g/mol. The van der Waals surface area contributed by atoms with Crippen molar-refractivity contribution in [3.63, 3.8) is 0 Å². The number of carbonyl (C=O) groups excluding carboxylic acids is 1. The zero-order chi connectivity index (χ0) is 24.7. The van der Waals surface area contributed by atoms with Gasteiger partial charge in [-0.1, -0.05) is 54.6 Å². The Morgan fingerprint density at radius 2 is 1.89 bits per heavy atom. The summed E-state index contributed by atoms with van der Waals surface area (Å²) >= 11 is 1.62. The van der Waals surface area contributed by atoms with E-state index in [1.165, 1.54) is 5.56 Å². The van der Waals surface area contributed by atoms with E-state index in [2.05, 4.69) is 51.6 Å². The topological polar surface area (TPSA) is 83.9 Å². The number of aliphatic hydroxyl groups excluding tert-OH is 1. The molecule has 7 nitrogen and oxygen atoms in total. The Bertz CT molecular complexity index is 1090. The number of ether oxygens (including phenoxy) is 2. The van der Waals surface area contributed by atoms with Gasteiger partial charge in [0.05, 0.1) is 44.5 Å². The molecule has 1 amide bonds. The highest BCUT2D eigenvalue weighted by Crippen LogP contribution is 2.29. The van der Waals surface area contributed by atoms with E-state index in [9.17, 15) is 9.90 Å². The van der Waals surface area contributed by atoms with E-state index in [0.717, 1.165) is 29.0 Å². The molecule has 2 N–H and O–H groups in total. The first-order valence-electron chi connectivity index (χ1n) is 12.6. The van der Waals surface area contributed by atoms with Crippen LogP contribution in [0.3, 0.4) is 0 Å². The Labute approximate surface area is 216 Å². The Morgan fingerprint density at radius 3 is 2.67 bits per heavy atom. The van der Waals surface area contributed by atoms with E-state index in [1.54, 1.807) is 11.3 Å². The standard InChI is InChI=1S/C28H33N3O4S/c32-23-16-31(17-28-29-12-13-36-28)25-11-10-24(35-26(25)19-34-18-23)14-27(33)30-15-20-6-8-22(9-7-20)21-4-2-1-3-5-21/h1-9,12-13,23-26,32H,10-11,14-19H2,(H,30,33)/t23-,24+,25-,26+/m1/s1. The molecule has 2 aliphatic heterocycles. The Morgan fingerprint density at radius 1 is 1.08 bits per heavy atom. The zero-order valence-corrected chi connectivity index (χ0v) is 21.1. The molecule has 2 saturated heterocycles. The Kier molecular flexibility index (Phi) is 8.40. The third-order valence-corrected chi connectivity index (χ3v) is 7.64. The van der Waals surface area contributed by atoms with Crippen molar-refractivity contribution in [2.75, 3.05) is 19.8 Å². The van der Waals surface area contributed by atoms with E-state index in [4.69, 9.17) is 9.47 Å². The molecule has 36 heavy (non-hydrogen) atoms. The van der Waals surface area contributed by atoms with E-state index in [1.807, 2.05) is 29.8 Å². The molecule has 5 rings (SSSR count). The second kappa shape index (κ2) is 12.1. The summed E-state index contributed by atoms with van der Waals surface area (Å²) in [5, 5.41) is 16.4. The third-order valence-electron chi connectivity index (χ3n) is 6.87. The molecule has 4 atom stereocenters. The minimum absolute atomic E-state index is 0.00703. The summed E-state index contributed by atoms with van der Waals surface area (Å²) in [6.07, 6.45) is 3.04. The number of amides is 1. The summed E-state index contributed by atoms with van der Waals surface area (Å²) in [5.41, 5.74) is 3.41. The van der Waals surface area contributed by atoms with Gasteiger partial charge in [-0.25, -0.2) is 4.98 Å². The predicted molar refractivity (Wildman–Crippen MR) is 139 cm³/mol. The summed E-state index contributed by atoms with van der Waals surface area (Å²) in [4.78, 5) is 19.4. The number of hydrogen-bond donors (Lipinski definition) is 2. The third kappa shape index (κ3) is 6.57. The molecule has 8 heteroatoms. The lowest BCUT2D eigenvalue weighted by Crippen LogP contribution is -2.55. The van der Waals surface area contributed by atoms with Crippen molar-refractivity contribution >= 4 is 17.2 Å². The molecule has 190 valence electrons. The summed E-state index contributed by atoms with van der Waals surface area (Å²) in [6, 6.07) is 18.7. The van der Waals surface area contributed by atoms with Crippen molar-refractivity contribution in [3.8, 4) is 11.1 Å². The van der Waals surface area contributed by atoms with E-state index in [-0.39, 0.29) is 30.8 Å². The van der Waals surface area contributed by atoms with Crippen LogP contribution in [0.1, 0.15) is 29.8 Å². The zero-order valence-electron chi connectivity index (χ0n) is 20.3. The van der Waals surface area contributed by atoms with Gasteiger partial charge in [-0.2, -0.15) is 0 Å². The molecular formula is C28H33N3O4S. The fourth-order valence-electron chi connectivity index (χ4n) is 5.06. The first-order valence-corrected chi connectivity index (χ1v) is 13.5. The smallest absolute Gasteiger partial charge is 0.222 e. The van der Waals surface area contributed by atoms with Gasteiger partial charge in [0.15, 0.2) is 0 Å². The number of hydrogen-bond acceptors (Lipinski definition) is 7. The maximum atomic E-state index is 12.7. The molecule has 0 saturated carbocycles. The van der Waals surface area contributed by atoms with Gasteiger partial charge in [0.25, 0.3) is 0 Å². The average Bonchev–Trinajstić information content (AvgIpc) is 3.40. The second-order valence-electron chi connectivity index (χ2n) is 9.53. The molecule has 2 fully saturated rings. The second-order valence-corrected chi connectivity index (χ2v) is 10.5. The summed E-state index contributed by atoms with van der Waals surface area (Å²) < 4.78 is 12.1. The average molecular weight is 508 g/mol. The number of carbonyl (C=O) groups is 1. The molecule has 0 aliphatic carbocycles. The van der Waals surface area contributed by atoms with Gasteiger partial charge in [0, 0.05) is 30.7 Å². The number of β-amino-alcohol motifs (C(OH)–C–C–N with tert-alkyl or cyclic N) is 1. The van der Waals surface area contributed by atoms with Crippen LogP contribution in [0.15, 0.2) is 66.2 Å². The van der Waals surface area contributed by atoms with Crippen LogP contribution >= 0.6 is 11.3 Å². The quantitative estimate of drug-likeness (QED) is 0.508. The number of aromatic nitrogens is 1. The lowest BCUT2D eigenvalue weighted by molar-refractivity contribution is -0.158.